The summed E-state index contributed by atoms with van der Waals surface area (Å²) in [4.78, 5) is 92.5. The molecule has 4 N–H and O–H groups in total. The molecule has 2 amide bonds. The van der Waals surface area contributed by atoms with Gasteiger partial charge >= 0.3 is 17.9 Å². The summed E-state index contributed by atoms with van der Waals surface area (Å²) >= 11 is 5.35. The van der Waals surface area contributed by atoms with Gasteiger partial charge in [-0.2, -0.15) is 0 Å². The summed E-state index contributed by atoms with van der Waals surface area (Å²) in [7, 11) is 1.53. The zero-order chi connectivity index (χ0) is 51.9. The summed E-state index contributed by atoms with van der Waals surface area (Å²) in [5.74, 6) is -3.66. The van der Waals surface area contributed by atoms with Crippen LogP contribution in [0.1, 0.15) is 59.1 Å². The number of hydrogen-bond donors (Lipinski definition) is 4. The van der Waals surface area contributed by atoms with Gasteiger partial charge in [0.2, 0.25) is 0 Å². The summed E-state index contributed by atoms with van der Waals surface area (Å²) < 4.78 is 19.2. The number of rotatable bonds is 20. The second-order valence-corrected chi connectivity index (χ2v) is 22.1. The fourth-order valence-electron chi connectivity index (χ4n) is 7.88. The number of esters is 2. The molecule has 2 aliphatic heterocycles. The SMILES string of the molecule is COc1ccc(COC(=O)C2=C(CSc3s[nH]c(=O)c3C(=O)O)CS[C@H]3[C@H](NC(=O)/C(=N\O[C@H](SC)C(=O)OC(C)(C)C)c4csc(NC(c5ccccc5)(c5ccccc5)c5ccccc5)n4)C(=O)N23)cc1. The van der Waals surface area contributed by atoms with Gasteiger partial charge in [-0.3, -0.25) is 23.7 Å². The quantitative estimate of drug-likeness (QED) is 0.0108. The van der Waals surface area contributed by atoms with Crippen molar-refractivity contribution in [1.29, 1.82) is 0 Å². The molecule has 73 heavy (non-hydrogen) atoms. The third kappa shape index (κ3) is 11.7. The van der Waals surface area contributed by atoms with E-state index in [1.54, 1.807) is 56.7 Å². The Morgan fingerprint density at radius 3 is 2.10 bits per heavy atom. The Morgan fingerprint density at radius 1 is 0.918 bits per heavy atom. The predicted molar refractivity (Wildman–Crippen MR) is 283 cm³/mol. The van der Waals surface area contributed by atoms with Crippen molar-refractivity contribution in [2.45, 2.75) is 59.6 Å². The standard InChI is InChI=1S/C51H48N6O11S5/c1-50(2,3)67-46(64)47(69-5)68-55-37(35-28-72-49(52-35)54-51(31-15-9-6-10-16-31,32-17-11-7-12-18-32)33-19-13-8-14-20-33)41(59)53-38-42(60)57-39(45(63)66-25-29-21-23-34(65-4)24-22-29)30(26-70-43(38)57)27-71-48-36(44(61)62)40(58)56-73-48/h6-24,28,38,43,47H,25-27H2,1-5H3,(H,52,54)(H,53,59)(H,56,58)(H,61,62)/b55-37-/t38-,43+,47-/m1/s1. The van der Waals surface area contributed by atoms with Crippen molar-refractivity contribution in [3.63, 3.8) is 0 Å². The topological polar surface area (TPSA) is 228 Å². The molecule has 6 aromatic rings. The number of β-lactam (4-membered cyclic amide) rings is 1. The van der Waals surface area contributed by atoms with Crippen LogP contribution in [0.15, 0.2) is 146 Å². The Balaban J connectivity index is 1.11. The number of thiazole rings is 1. The maximum atomic E-state index is 14.7. The van der Waals surface area contributed by atoms with Gasteiger partial charge in [0.1, 0.15) is 46.3 Å². The van der Waals surface area contributed by atoms with Crippen LogP contribution in [0, 0.1) is 0 Å². The Labute approximate surface area is 440 Å². The minimum Gasteiger partial charge on any atom is -0.497 e. The van der Waals surface area contributed by atoms with E-state index in [1.807, 2.05) is 91.0 Å². The number of carboxylic acids is 1. The van der Waals surface area contributed by atoms with Gasteiger partial charge < -0.3 is 34.8 Å². The zero-order valence-corrected chi connectivity index (χ0v) is 43.9. The van der Waals surface area contributed by atoms with E-state index in [0.29, 0.717) is 22.0 Å². The summed E-state index contributed by atoms with van der Waals surface area (Å²) in [6.07, 6.45) is 1.62. The Morgan fingerprint density at radius 2 is 1.53 bits per heavy atom. The first-order valence-electron chi connectivity index (χ1n) is 22.4. The number of benzene rings is 4. The first-order valence-corrected chi connectivity index (χ1v) is 27.4. The number of carbonyl (C=O) groups excluding carboxylic acids is 4. The Hall–Kier alpha value is -6.85. The number of anilines is 1. The summed E-state index contributed by atoms with van der Waals surface area (Å²) in [5.41, 5.74) is -0.850. The number of nitrogens with one attached hydrogen (secondary N) is 3. The molecule has 8 rings (SSSR count). The molecule has 3 atom stereocenters. The number of carboxylic acid groups (broad SMARTS) is 1. The molecule has 22 heteroatoms. The third-order valence-electron chi connectivity index (χ3n) is 11.2. The molecule has 4 aromatic carbocycles. The Kier molecular flexibility index (Phi) is 16.5. The smallest absolute Gasteiger partial charge is 0.361 e. The highest BCUT2D eigenvalue weighted by atomic mass is 32.2. The van der Waals surface area contributed by atoms with Crippen molar-refractivity contribution in [2.24, 2.45) is 5.16 Å². The maximum Gasteiger partial charge on any atom is 0.361 e. The number of carbonyl (C=O) groups is 5. The van der Waals surface area contributed by atoms with Gasteiger partial charge in [-0.25, -0.2) is 19.4 Å². The number of thioether (sulfide) groups is 3. The molecule has 0 saturated carbocycles. The van der Waals surface area contributed by atoms with E-state index in [2.05, 4.69) is 20.2 Å². The van der Waals surface area contributed by atoms with E-state index >= 15 is 0 Å². The Bertz CT molecular complexity index is 3010. The second kappa shape index (κ2) is 22.9. The monoisotopic (exact) mass is 1080 g/mol. The fourth-order valence-corrected chi connectivity index (χ4v) is 12.4. The fraction of sp³-hybridized carbons (Fsp3) is 0.255. The number of ether oxygens (including phenoxy) is 3. The van der Waals surface area contributed by atoms with Gasteiger partial charge in [-0.1, -0.05) is 120 Å². The largest absolute Gasteiger partial charge is 0.497 e. The van der Waals surface area contributed by atoms with Gasteiger partial charge in [0.25, 0.3) is 22.8 Å². The number of H-pyrrole nitrogens is 1. The molecule has 17 nitrogen and oxygen atoms in total. The van der Waals surface area contributed by atoms with E-state index in [-0.39, 0.29) is 39.4 Å². The normalized spacial score (nSPS) is 16.2. The minimum atomic E-state index is -1.40. The number of aromatic carboxylic acids is 1. The molecule has 2 aliphatic rings. The van der Waals surface area contributed by atoms with Gasteiger partial charge in [0.15, 0.2) is 16.4 Å². The van der Waals surface area contributed by atoms with Crippen LogP contribution in [0.25, 0.3) is 0 Å². The van der Waals surface area contributed by atoms with Crippen LogP contribution in [0.5, 0.6) is 5.75 Å². The number of hydrogen-bond acceptors (Lipinski definition) is 18. The molecular weight excluding hydrogens is 1030 g/mol. The van der Waals surface area contributed by atoms with Crippen LogP contribution in [0.2, 0.25) is 0 Å². The first kappa shape index (κ1) is 52.5. The van der Waals surface area contributed by atoms with Crippen LogP contribution in [0.3, 0.4) is 0 Å². The van der Waals surface area contributed by atoms with Crippen molar-refractivity contribution in [3.8, 4) is 5.75 Å². The van der Waals surface area contributed by atoms with Crippen molar-refractivity contribution in [3.05, 3.63) is 176 Å². The lowest BCUT2D eigenvalue weighted by Crippen LogP contribution is -2.71. The number of oxime groups is 1. The molecule has 378 valence electrons. The van der Waals surface area contributed by atoms with Crippen LogP contribution in [-0.2, 0) is 45.6 Å². The molecule has 0 unspecified atom stereocenters. The maximum absolute atomic E-state index is 14.7. The number of nitrogens with zero attached hydrogens (tertiary/aromatic N) is 3. The zero-order valence-electron chi connectivity index (χ0n) is 39.8. The van der Waals surface area contributed by atoms with E-state index in [1.165, 1.54) is 35.1 Å². The highest BCUT2D eigenvalue weighted by molar-refractivity contribution is 8.02. The van der Waals surface area contributed by atoms with Crippen molar-refractivity contribution in [1.82, 2.24) is 19.6 Å². The molecule has 1 fully saturated rings. The van der Waals surface area contributed by atoms with E-state index in [0.717, 1.165) is 51.7 Å². The number of aromatic amines is 1. The predicted octanol–water partition coefficient (Wildman–Crippen LogP) is 7.94. The lowest BCUT2D eigenvalue weighted by atomic mass is 9.77. The molecule has 1 saturated heterocycles. The highest BCUT2D eigenvalue weighted by Gasteiger charge is 2.55. The van der Waals surface area contributed by atoms with E-state index < -0.39 is 68.8 Å². The summed E-state index contributed by atoms with van der Waals surface area (Å²) in [6, 6.07) is 35.3. The lowest BCUT2D eigenvalue weighted by Gasteiger charge is -2.49. The van der Waals surface area contributed by atoms with Gasteiger partial charge in [-0.15, -0.1) is 46.6 Å². The summed E-state index contributed by atoms with van der Waals surface area (Å²) in [5, 5.41) is 21.7. The van der Waals surface area contributed by atoms with Gasteiger partial charge in [-0.05, 0) is 67.0 Å². The first-order chi connectivity index (χ1) is 35.1. The summed E-state index contributed by atoms with van der Waals surface area (Å²) in [6.45, 7) is 4.98. The van der Waals surface area contributed by atoms with E-state index in [9.17, 15) is 33.9 Å². The number of fused-ring (bicyclic) bond motifs is 1. The van der Waals surface area contributed by atoms with Crippen molar-refractivity contribution >= 4 is 98.7 Å². The molecule has 0 bridgehead atoms. The lowest BCUT2D eigenvalue weighted by molar-refractivity contribution is -0.162. The van der Waals surface area contributed by atoms with Crippen molar-refractivity contribution in [2.75, 3.05) is 30.2 Å². The molecule has 2 aromatic heterocycles. The third-order valence-corrected chi connectivity index (χ3v) is 16.3. The van der Waals surface area contributed by atoms with Crippen molar-refractivity contribution < 1.29 is 48.1 Å². The molecule has 0 spiro atoms. The van der Waals surface area contributed by atoms with Crippen LogP contribution in [-0.4, -0.2) is 102 Å². The molecule has 0 aliphatic carbocycles. The highest BCUT2D eigenvalue weighted by Crippen LogP contribution is 2.44. The van der Waals surface area contributed by atoms with Crippen LogP contribution < -0.4 is 20.9 Å². The average molecular weight is 1080 g/mol. The number of amides is 2. The van der Waals surface area contributed by atoms with Gasteiger partial charge in [0, 0.05) is 16.9 Å². The molecule has 4 heterocycles. The number of aromatic nitrogens is 2. The van der Waals surface area contributed by atoms with E-state index in [4.69, 9.17) is 24.0 Å². The van der Waals surface area contributed by atoms with Gasteiger partial charge in [0.05, 0.1) is 11.3 Å². The molecular formula is C51H48N6O11S5. The average Bonchev–Trinajstić information content (AvgIpc) is 4.02. The number of methoxy groups -OCH3 is 1. The molecule has 0 radical (unpaired) electrons. The minimum absolute atomic E-state index is 0.0320. The second-order valence-electron chi connectivity index (χ2n) is 17.2. The van der Waals surface area contributed by atoms with Crippen LogP contribution in [0.4, 0.5) is 5.13 Å². The van der Waals surface area contributed by atoms with Crippen LogP contribution >= 0.6 is 58.2 Å².